The first-order valence-electron chi connectivity index (χ1n) is 11.0. The third-order valence-electron chi connectivity index (χ3n) is 6.13. The van der Waals surface area contributed by atoms with Gasteiger partial charge < -0.3 is 29.1 Å². The Bertz CT molecular complexity index is 793. The lowest BCUT2D eigenvalue weighted by molar-refractivity contribution is -1.02. The van der Waals surface area contributed by atoms with Gasteiger partial charge in [0.1, 0.15) is 45.4 Å². The summed E-state index contributed by atoms with van der Waals surface area (Å²) >= 11 is 0. The van der Waals surface area contributed by atoms with Crippen molar-refractivity contribution in [3.8, 4) is 11.5 Å². The molecule has 0 bridgehead atoms. The molecule has 0 unspecified atom stereocenters. The Morgan fingerprint density at radius 2 is 1.67 bits per heavy atom. The second-order valence-electron chi connectivity index (χ2n) is 8.57. The molecule has 2 heterocycles. The molecule has 0 radical (unpaired) electrons. The second kappa shape index (κ2) is 10.3. The van der Waals surface area contributed by atoms with Gasteiger partial charge in [-0.1, -0.05) is 37.3 Å². The van der Waals surface area contributed by atoms with Gasteiger partial charge in [-0.05, 0) is 23.8 Å². The highest BCUT2D eigenvalue weighted by Crippen LogP contribution is 2.32. The smallest absolute Gasteiger partial charge is 0.231 e. The highest BCUT2D eigenvalue weighted by atomic mass is 16.7. The number of nitrogens with one attached hydrogen (secondary N) is 2. The minimum atomic E-state index is -0.404. The van der Waals surface area contributed by atoms with Crippen LogP contribution >= 0.6 is 0 Å². The molecule has 0 spiro atoms. The van der Waals surface area contributed by atoms with Crippen LogP contribution < -0.4 is 19.3 Å². The highest BCUT2D eigenvalue weighted by Gasteiger charge is 2.25. The van der Waals surface area contributed by atoms with Gasteiger partial charge in [0, 0.05) is 11.5 Å². The predicted molar refractivity (Wildman–Crippen MR) is 114 cm³/mol. The zero-order chi connectivity index (χ0) is 20.8. The Balaban J connectivity index is 1.13. The minimum Gasteiger partial charge on any atom is -0.454 e. The van der Waals surface area contributed by atoms with E-state index in [2.05, 4.69) is 43.3 Å². The number of aliphatic hydroxyl groups is 1. The van der Waals surface area contributed by atoms with Crippen LogP contribution in [0.3, 0.4) is 0 Å². The summed E-state index contributed by atoms with van der Waals surface area (Å²) in [6.07, 6.45) is -0.404. The highest BCUT2D eigenvalue weighted by molar-refractivity contribution is 5.44. The number of hydrogen-bond donors (Lipinski definition) is 3. The molecule has 3 N–H and O–H groups in total. The summed E-state index contributed by atoms with van der Waals surface area (Å²) < 4.78 is 16.7. The molecule has 2 aromatic rings. The Kier molecular flexibility index (Phi) is 7.23. The number of aliphatic hydroxyl groups excluding tert-OH is 1. The standard InChI is InChI=1S/C24H32N2O4/c1-19(21-5-3-2-4-6-21)16-28-17-22(27)15-26-11-9-25(10-12-26)14-20-7-8-23-24(13-20)30-18-29-23/h2-8,13,19,22,27H,9-12,14-18H2,1H3/p+2/t19-,22-/m1/s1. The Morgan fingerprint density at radius 1 is 0.933 bits per heavy atom. The van der Waals surface area contributed by atoms with Gasteiger partial charge in [0.15, 0.2) is 11.5 Å². The zero-order valence-corrected chi connectivity index (χ0v) is 17.8. The Labute approximate surface area is 179 Å². The van der Waals surface area contributed by atoms with E-state index in [-0.39, 0.29) is 0 Å². The third kappa shape index (κ3) is 5.73. The molecule has 0 aromatic heterocycles. The SMILES string of the molecule is C[C@H](COC[C@H](O)C[NH+]1CC[NH+](Cc2ccc3c(c2)OCO3)CC1)c1ccccc1. The molecule has 2 atom stereocenters. The van der Waals surface area contributed by atoms with Gasteiger partial charge >= 0.3 is 0 Å². The Hall–Kier alpha value is -2.12. The molecule has 2 aliphatic heterocycles. The molecule has 162 valence electrons. The van der Waals surface area contributed by atoms with Gasteiger partial charge in [0.2, 0.25) is 6.79 Å². The molecule has 0 amide bonds. The fourth-order valence-corrected chi connectivity index (χ4v) is 4.33. The van der Waals surface area contributed by atoms with Crippen LogP contribution in [0.2, 0.25) is 0 Å². The maximum Gasteiger partial charge on any atom is 0.231 e. The molecular weight excluding hydrogens is 380 g/mol. The summed E-state index contributed by atoms with van der Waals surface area (Å²) in [5, 5.41) is 10.4. The first kappa shape index (κ1) is 21.1. The van der Waals surface area contributed by atoms with Crippen LogP contribution in [-0.2, 0) is 11.3 Å². The third-order valence-corrected chi connectivity index (χ3v) is 6.13. The second-order valence-corrected chi connectivity index (χ2v) is 8.57. The maximum absolute atomic E-state index is 10.4. The van der Waals surface area contributed by atoms with Crippen molar-refractivity contribution < 1.29 is 29.1 Å². The molecule has 0 aliphatic carbocycles. The normalized spacial score (nSPS) is 22.6. The summed E-state index contributed by atoms with van der Waals surface area (Å²) in [4.78, 5) is 3.05. The summed E-state index contributed by atoms with van der Waals surface area (Å²) in [7, 11) is 0. The van der Waals surface area contributed by atoms with Crippen molar-refractivity contribution in [1.29, 1.82) is 0 Å². The molecule has 1 saturated heterocycles. The van der Waals surface area contributed by atoms with Crippen LogP contribution in [0, 0.1) is 0 Å². The first-order valence-corrected chi connectivity index (χ1v) is 11.0. The largest absolute Gasteiger partial charge is 0.454 e. The topological polar surface area (TPSA) is 56.8 Å². The van der Waals surface area contributed by atoms with Gasteiger partial charge in [-0.3, -0.25) is 0 Å². The van der Waals surface area contributed by atoms with Crippen molar-refractivity contribution >= 4 is 0 Å². The molecule has 30 heavy (non-hydrogen) atoms. The molecular formula is C24H34N2O4+2. The van der Waals surface area contributed by atoms with E-state index in [4.69, 9.17) is 14.2 Å². The van der Waals surface area contributed by atoms with Crippen molar-refractivity contribution in [3.63, 3.8) is 0 Å². The van der Waals surface area contributed by atoms with Crippen molar-refractivity contribution in [2.45, 2.75) is 25.5 Å². The van der Waals surface area contributed by atoms with Crippen LogP contribution in [0.25, 0.3) is 0 Å². The van der Waals surface area contributed by atoms with Crippen LogP contribution in [0.1, 0.15) is 24.0 Å². The van der Waals surface area contributed by atoms with E-state index in [0.717, 1.165) is 50.8 Å². The van der Waals surface area contributed by atoms with Crippen LogP contribution in [0.5, 0.6) is 11.5 Å². The lowest BCUT2D eigenvalue weighted by atomic mass is 10.0. The van der Waals surface area contributed by atoms with Crippen LogP contribution in [-0.4, -0.2) is 63.9 Å². The molecule has 6 nitrogen and oxygen atoms in total. The van der Waals surface area contributed by atoms with Crippen molar-refractivity contribution in [2.24, 2.45) is 0 Å². The predicted octanol–water partition coefficient (Wildman–Crippen LogP) is -0.120. The molecule has 1 fully saturated rings. The van der Waals surface area contributed by atoms with E-state index in [0.29, 0.717) is 25.9 Å². The summed E-state index contributed by atoms with van der Waals surface area (Å²) in [6.45, 7) is 9.70. The lowest BCUT2D eigenvalue weighted by Crippen LogP contribution is -3.28. The monoisotopic (exact) mass is 414 g/mol. The summed E-state index contributed by atoms with van der Waals surface area (Å²) in [5.41, 5.74) is 2.57. The van der Waals surface area contributed by atoms with E-state index >= 15 is 0 Å². The average molecular weight is 415 g/mol. The van der Waals surface area contributed by atoms with E-state index in [1.54, 1.807) is 4.90 Å². The lowest BCUT2D eigenvalue weighted by Gasteiger charge is -2.30. The van der Waals surface area contributed by atoms with E-state index in [9.17, 15) is 5.11 Å². The molecule has 2 aliphatic rings. The number of hydrogen-bond acceptors (Lipinski definition) is 4. The number of fused-ring (bicyclic) bond motifs is 1. The number of quaternary nitrogens is 2. The van der Waals surface area contributed by atoms with Crippen molar-refractivity contribution in [1.82, 2.24) is 0 Å². The molecule has 4 rings (SSSR count). The van der Waals surface area contributed by atoms with Gasteiger partial charge in [0.25, 0.3) is 0 Å². The van der Waals surface area contributed by atoms with Crippen molar-refractivity contribution in [2.75, 3.05) is 52.7 Å². The number of rotatable bonds is 9. The fraction of sp³-hybridized carbons (Fsp3) is 0.500. The molecule has 0 saturated carbocycles. The number of benzene rings is 2. The van der Waals surface area contributed by atoms with Crippen molar-refractivity contribution in [3.05, 3.63) is 59.7 Å². The van der Waals surface area contributed by atoms with Gasteiger partial charge in [-0.25, -0.2) is 0 Å². The number of ether oxygens (including phenoxy) is 3. The van der Waals surface area contributed by atoms with Crippen LogP contribution in [0.4, 0.5) is 0 Å². The van der Waals surface area contributed by atoms with E-state index < -0.39 is 6.10 Å². The summed E-state index contributed by atoms with van der Waals surface area (Å²) in [5.74, 6) is 2.05. The van der Waals surface area contributed by atoms with Gasteiger partial charge in [-0.2, -0.15) is 0 Å². The molecule has 6 heteroatoms. The minimum absolute atomic E-state index is 0.324. The van der Waals surface area contributed by atoms with Crippen LogP contribution in [0.15, 0.2) is 48.5 Å². The molecule has 2 aromatic carbocycles. The van der Waals surface area contributed by atoms with Gasteiger partial charge in [-0.15, -0.1) is 0 Å². The fourth-order valence-electron chi connectivity index (χ4n) is 4.33. The first-order chi connectivity index (χ1) is 14.7. The zero-order valence-electron chi connectivity index (χ0n) is 17.8. The maximum atomic E-state index is 10.4. The van der Waals surface area contributed by atoms with Gasteiger partial charge in [0.05, 0.1) is 13.2 Å². The average Bonchev–Trinajstić information content (AvgIpc) is 3.23. The van der Waals surface area contributed by atoms with E-state index in [1.807, 2.05) is 12.1 Å². The quantitative estimate of drug-likeness (QED) is 0.536. The summed E-state index contributed by atoms with van der Waals surface area (Å²) in [6, 6.07) is 16.6. The van der Waals surface area contributed by atoms with E-state index in [1.165, 1.54) is 16.0 Å². The number of piperazine rings is 1. The Morgan fingerprint density at radius 3 is 2.47 bits per heavy atom.